The highest BCUT2D eigenvalue weighted by molar-refractivity contribution is 8.13. The number of aliphatic imine (C=N–C) groups is 1. The van der Waals surface area contributed by atoms with Crippen molar-refractivity contribution >= 4 is 27.0 Å². The van der Waals surface area contributed by atoms with Crippen LogP contribution in [0.5, 0.6) is 0 Å². The maximum atomic E-state index is 12.6. The molecule has 0 spiro atoms. The average Bonchev–Trinajstić information content (AvgIpc) is 2.59. The SMILES string of the molecule is C=CCN=C(N)SCc1cccc(S(=O)(=O)N2CCOCC2)c1. The minimum absolute atomic E-state index is 0.305. The second-order valence-corrected chi connectivity index (χ2v) is 7.85. The molecule has 1 aromatic carbocycles. The van der Waals surface area contributed by atoms with Crippen molar-refractivity contribution in [1.29, 1.82) is 0 Å². The van der Waals surface area contributed by atoms with E-state index in [0.29, 0.717) is 48.7 Å². The molecule has 0 atom stereocenters. The molecule has 1 heterocycles. The lowest BCUT2D eigenvalue weighted by Gasteiger charge is -2.26. The van der Waals surface area contributed by atoms with Gasteiger partial charge in [-0.25, -0.2) is 8.42 Å². The summed E-state index contributed by atoms with van der Waals surface area (Å²) in [6.07, 6.45) is 1.67. The number of sulfonamides is 1. The predicted molar refractivity (Wildman–Crippen MR) is 94.0 cm³/mol. The Balaban J connectivity index is 2.08. The van der Waals surface area contributed by atoms with Crippen LogP contribution in [0, 0.1) is 0 Å². The third-order valence-electron chi connectivity index (χ3n) is 3.27. The van der Waals surface area contributed by atoms with E-state index >= 15 is 0 Å². The average molecular weight is 355 g/mol. The number of ether oxygens (including phenoxy) is 1. The first-order valence-electron chi connectivity index (χ1n) is 7.24. The Morgan fingerprint density at radius 2 is 2.17 bits per heavy atom. The fourth-order valence-corrected chi connectivity index (χ4v) is 4.23. The molecule has 1 aliphatic heterocycles. The van der Waals surface area contributed by atoms with E-state index in [1.807, 2.05) is 6.07 Å². The molecule has 2 rings (SSSR count). The molecule has 0 saturated carbocycles. The van der Waals surface area contributed by atoms with Crippen molar-refractivity contribution in [3.05, 3.63) is 42.5 Å². The maximum Gasteiger partial charge on any atom is 0.243 e. The Bertz CT molecular complexity index is 668. The van der Waals surface area contributed by atoms with Gasteiger partial charge in [-0.1, -0.05) is 30.0 Å². The highest BCUT2D eigenvalue weighted by Gasteiger charge is 2.26. The van der Waals surface area contributed by atoms with Crippen LogP contribution in [0.3, 0.4) is 0 Å². The molecule has 126 valence electrons. The van der Waals surface area contributed by atoms with E-state index in [1.165, 1.54) is 16.1 Å². The first kappa shape index (κ1) is 18.0. The molecule has 8 heteroatoms. The molecule has 1 saturated heterocycles. The largest absolute Gasteiger partial charge is 0.379 e. The van der Waals surface area contributed by atoms with Crippen LogP contribution >= 0.6 is 11.8 Å². The number of benzene rings is 1. The Morgan fingerprint density at radius 1 is 1.43 bits per heavy atom. The number of nitrogens with zero attached hydrogens (tertiary/aromatic N) is 2. The summed E-state index contributed by atoms with van der Waals surface area (Å²) in [6, 6.07) is 6.94. The summed E-state index contributed by atoms with van der Waals surface area (Å²) in [6.45, 7) is 5.71. The van der Waals surface area contributed by atoms with Crippen LogP contribution in [0.25, 0.3) is 0 Å². The zero-order valence-corrected chi connectivity index (χ0v) is 14.5. The van der Waals surface area contributed by atoms with Crippen LogP contribution in [0.1, 0.15) is 5.56 Å². The lowest BCUT2D eigenvalue weighted by Crippen LogP contribution is -2.40. The fraction of sp³-hybridized carbons (Fsp3) is 0.400. The standard InChI is InChI=1S/C15H21N3O3S2/c1-2-6-17-15(16)22-12-13-4-3-5-14(11-13)23(19,20)18-7-9-21-10-8-18/h2-5,11H,1,6-10,12H2,(H2,16,17). The Kier molecular flexibility index (Phi) is 6.64. The molecule has 0 bridgehead atoms. The van der Waals surface area contributed by atoms with Crippen molar-refractivity contribution < 1.29 is 13.2 Å². The zero-order chi connectivity index (χ0) is 16.7. The summed E-state index contributed by atoms with van der Waals surface area (Å²) in [5.74, 6) is 0.568. The molecule has 1 fully saturated rings. The van der Waals surface area contributed by atoms with Gasteiger partial charge < -0.3 is 10.5 Å². The van der Waals surface area contributed by atoms with Gasteiger partial charge in [0.25, 0.3) is 0 Å². The van der Waals surface area contributed by atoms with Crippen molar-refractivity contribution in [1.82, 2.24) is 4.31 Å². The monoisotopic (exact) mass is 355 g/mol. The summed E-state index contributed by atoms with van der Waals surface area (Å²) in [7, 11) is -3.47. The van der Waals surface area contributed by atoms with Gasteiger partial charge >= 0.3 is 0 Å². The van der Waals surface area contributed by atoms with E-state index in [1.54, 1.807) is 24.3 Å². The highest BCUT2D eigenvalue weighted by Crippen LogP contribution is 2.20. The first-order valence-corrected chi connectivity index (χ1v) is 9.67. The summed E-state index contributed by atoms with van der Waals surface area (Å²) >= 11 is 1.38. The second-order valence-electron chi connectivity index (χ2n) is 4.92. The molecular weight excluding hydrogens is 334 g/mol. The normalized spacial score (nSPS) is 17.1. The molecule has 1 aliphatic rings. The van der Waals surface area contributed by atoms with Gasteiger partial charge in [0.2, 0.25) is 10.0 Å². The topological polar surface area (TPSA) is 85.0 Å². The van der Waals surface area contributed by atoms with E-state index in [2.05, 4.69) is 11.6 Å². The van der Waals surface area contributed by atoms with E-state index in [0.717, 1.165) is 5.56 Å². The number of hydrogen-bond donors (Lipinski definition) is 1. The molecule has 2 N–H and O–H groups in total. The van der Waals surface area contributed by atoms with Gasteiger partial charge in [-0.05, 0) is 17.7 Å². The Labute approximate surface area is 141 Å². The summed E-state index contributed by atoms with van der Waals surface area (Å²) < 4.78 is 31.9. The number of morpholine rings is 1. The van der Waals surface area contributed by atoms with Crippen molar-refractivity contribution in [3.63, 3.8) is 0 Å². The van der Waals surface area contributed by atoms with Crippen LogP contribution in [-0.4, -0.2) is 50.7 Å². The van der Waals surface area contributed by atoms with Gasteiger partial charge in [0, 0.05) is 18.8 Å². The second kappa shape index (κ2) is 8.49. The number of thioether (sulfide) groups is 1. The van der Waals surface area contributed by atoms with E-state index < -0.39 is 10.0 Å². The number of hydrogen-bond acceptors (Lipinski definition) is 5. The molecule has 6 nitrogen and oxygen atoms in total. The third kappa shape index (κ3) is 5.07. The van der Waals surface area contributed by atoms with Gasteiger partial charge in [0.15, 0.2) is 5.17 Å². The van der Waals surface area contributed by atoms with Crippen molar-refractivity contribution in [2.75, 3.05) is 32.8 Å². The van der Waals surface area contributed by atoms with Crippen molar-refractivity contribution in [2.24, 2.45) is 10.7 Å². The molecule has 23 heavy (non-hydrogen) atoms. The predicted octanol–water partition coefficient (Wildman–Crippen LogP) is 1.44. The molecule has 0 radical (unpaired) electrons. The summed E-state index contributed by atoms with van der Waals surface area (Å²) in [5.41, 5.74) is 6.66. The van der Waals surface area contributed by atoms with Crippen molar-refractivity contribution in [3.8, 4) is 0 Å². The van der Waals surface area contributed by atoms with Gasteiger partial charge in [-0.15, -0.1) is 6.58 Å². The van der Waals surface area contributed by atoms with Crippen molar-refractivity contribution in [2.45, 2.75) is 10.6 Å². The van der Waals surface area contributed by atoms with Gasteiger partial charge in [-0.2, -0.15) is 4.31 Å². The number of nitrogens with two attached hydrogens (primary N) is 1. The summed E-state index contributed by atoms with van der Waals surface area (Å²) in [5, 5.41) is 0.464. The molecule has 1 aromatic rings. The maximum absolute atomic E-state index is 12.6. The Hall–Kier alpha value is -1.35. The lowest BCUT2D eigenvalue weighted by molar-refractivity contribution is 0.0730. The molecule has 0 unspecified atom stereocenters. The lowest BCUT2D eigenvalue weighted by atomic mass is 10.2. The summed E-state index contributed by atoms with van der Waals surface area (Å²) in [4.78, 5) is 4.41. The smallest absolute Gasteiger partial charge is 0.243 e. The molecule has 0 aliphatic carbocycles. The molecule has 0 aromatic heterocycles. The highest BCUT2D eigenvalue weighted by atomic mass is 32.2. The van der Waals surface area contributed by atoms with Crippen LogP contribution in [0.15, 0.2) is 46.8 Å². The Morgan fingerprint density at radius 3 is 2.87 bits per heavy atom. The fourth-order valence-electron chi connectivity index (χ4n) is 2.09. The third-order valence-corrected chi connectivity index (χ3v) is 6.07. The van der Waals surface area contributed by atoms with Gasteiger partial charge in [-0.3, -0.25) is 4.99 Å². The minimum Gasteiger partial charge on any atom is -0.379 e. The van der Waals surface area contributed by atoms with Gasteiger partial charge in [0.05, 0.1) is 24.7 Å². The first-order chi connectivity index (χ1) is 11.0. The zero-order valence-electron chi connectivity index (χ0n) is 12.8. The van der Waals surface area contributed by atoms with Crippen LogP contribution in [-0.2, 0) is 20.5 Å². The number of rotatable bonds is 6. The quantitative estimate of drug-likeness (QED) is 0.474. The van der Waals surface area contributed by atoms with Crippen LogP contribution in [0.4, 0.5) is 0 Å². The van der Waals surface area contributed by atoms with E-state index in [-0.39, 0.29) is 0 Å². The van der Waals surface area contributed by atoms with E-state index in [9.17, 15) is 8.42 Å². The van der Waals surface area contributed by atoms with Crippen LogP contribution < -0.4 is 5.73 Å². The molecular formula is C15H21N3O3S2. The van der Waals surface area contributed by atoms with Gasteiger partial charge in [0.1, 0.15) is 0 Å². The minimum atomic E-state index is -3.47. The number of amidine groups is 1. The molecule has 0 amide bonds. The van der Waals surface area contributed by atoms with E-state index in [4.69, 9.17) is 10.5 Å². The van der Waals surface area contributed by atoms with Crippen LogP contribution in [0.2, 0.25) is 0 Å².